The van der Waals surface area contributed by atoms with Crippen molar-refractivity contribution in [2.75, 3.05) is 41.1 Å². The number of Topliss-reactive ketones (excluding diaryl/α,β-unsaturated/α-hetero) is 1. The quantitative estimate of drug-likeness (QED) is 0.0310. The van der Waals surface area contributed by atoms with Gasteiger partial charge in [-0.05, 0) is 98.1 Å². The first-order chi connectivity index (χ1) is 35.8. The number of carboxylic acids is 1. The van der Waals surface area contributed by atoms with Crippen molar-refractivity contribution >= 4 is 69.8 Å². The Morgan fingerprint density at radius 2 is 1.01 bits per heavy atom. The second-order valence-corrected chi connectivity index (χ2v) is 17.8. The topological polar surface area (TPSA) is 218 Å². The number of hydrogen-bond donors (Lipinski definition) is 6. The minimum atomic E-state index is -1.10. The van der Waals surface area contributed by atoms with E-state index in [2.05, 4.69) is 53.3 Å². The molecule has 17 heteroatoms. The predicted molar refractivity (Wildman–Crippen MR) is 289 cm³/mol. The van der Waals surface area contributed by atoms with Crippen molar-refractivity contribution in [3.05, 3.63) is 213 Å². The molecule has 0 aliphatic carbocycles. The number of nitrogens with zero attached hydrogens (tertiary/aromatic N) is 4. The molecule has 0 spiro atoms. The summed E-state index contributed by atoms with van der Waals surface area (Å²) < 4.78 is 5.21. The number of anilines is 4. The van der Waals surface area contributed by atoms with Crippen molar-refractivity contribution < 1.29 is 34.1 Å². The molecule has 0 aliphatic heterocycles. The molecule has 74 heavy (non-hydrogen) atoms. The van der Waals surface area contributed by atoms with Gasteiger partial charge in [0.15, 0.2) is 5.78 Å². The number of hydrogen-bond acceptors (Lipinski definition) is 12. The molecule has 0 bridgehead atoms. The summed E-state index contributed by atoms with van der Waals surface area (Å²) in [6, 6.07) is 42.6. The second-order valence-electron chi connectivity index (χ2n) is 16.9. The molecule has 0 atom stereocenters. The zero-order chi connectivity index (χ0) is 52.4. The largest absolute Gasteiger partial charge is 0.478 e. The number of aryl methyl sites for hydroxylation is 2. The van der Waals surface area contributed by atoms with E-state index in [1.807, 2.05) is 50.2 Å². The third-order valence-electron chi connectivity index (χ3n) is 11.2. The number of ketones is 1. The third kappa shape index (κ3) is 15.6. The number of aliphatic hydroxyl groups is 1. The normalized spacial score (nSPS) is 10.7. The van der Waals surface area contributed by atoms with Crippen molar-refractivity contribution in [1.82, 2.24) is 19.9 Å². The van der Waals surface area contributed by atoms with Crippen LogP contribution in [-0.4, -0.2) is 73.5 Å². The van der Waals surface area contributed by atoms with Crippen LogP contribution >= 0.6 is 23.2 Å². The summed E-state index contributed by atoms with van der Waals surface area (Å²) in [6.07, 6.45) is 3.72. The lowest BCUT2D eigenvalue weighted by Gasteiger charge is -2.13. The molecule has 0 radical (unpaired) electrons. The molecule has 0 saturated heterocycles. The molecule has 0 saturated carbocycles. The van der Waals surface area contributed by atoms with E-state index in [4.69, 9.17) is 33.0 Å². The predicted octanol–water partition coefficient (Wildman–Crippen LogP) is 11.6. The second kappa shape index (κ2) is 26.4. The van der Waals surface area contributed by atoms with Gasteiger partial charge in [-0.2, -0.15) is 0 Å². The van der Waals surface area contributed by atoms with Crippen LogP contribution in [0.3, 0.4) is 0 Å². The number of benzene rings is 6. The average molecular weight is 1030 g/mol. The summed E-state index contributed by atoms with van der Waals surface area (Å²) in [4.78, 5) is 67.3. The summed E-state index contributed by atoms with van der Waals surface area (Å²) in [6.45, 7) is 5.87. The number of aliphatic hydroxyl groups excluding tert-OH is 1. The molecular formula is C57H52Cl2N8O7. The number of carbonyl (C=O) groups excluding carboxylic acids is 3. The van der Waals surface area contributed by atoms with Gasteiger partial charge in [-0.3, -0.25) is 14.4 Å². The van der Waals surface area contributed by atoms with E-state index in [9.17, 15) is 24.3 Å². The lowest BCUT2D eigenvalue weighted by atomic mass is 10.0. The fourth-order valence-corrected chi connectivity index (χ4v) is 7.91. The highest BCUT2D eigenvalue weighted by Crippen LogP contribution is 2.33. The molecule has 15 nitrogen and oxygen atoms in total. The highest BCUT2D eigenvalue weighted by Gasteiger charge is 2.17. The summed E-state index contributed by atoms with van der Waals surface area (Å²) >= 11 is 12.5. The molecule has 2 aromatic heterocycles. The van der Waals surface area contributed by atoms with E-state index < -0.39 is 11.9 Å². The molecule has 2 heterocycles. The lowest BCUT2D eigenvalue weighted by Crippen LogP contribution is -2.14. The Labute approximate surface area is 438 Å². The van der Waals surface area contributed by atoms with Crippen LogP contribution in [0.25, 0.3) is 22.5 Å². The fraction of sp³-hybridized carbons (Fsp3) is 0.158. The van der Waals surface area contributed by atoms with Gasteiger partial charge in [-0.25, -0.2) is 24.7 Å². The number of nitrogens with one attached hydrogen (secondary N) is 4. The minimum Gasteiger partial charge on any atom is -0.478 e. The zero-order valence-corrected chi connectivity index (χ0v) is 42.0. The molecule has 0 fully saturated rings. The first kappa shape index (κ1) is 53.5. The number of halogens is 2. The molecule has 6 N–H and O–H groups in total. The highest BCUT2D eigenvalue weighted by atomic mass is 35.5. The van der Waals surface area contributed by atoms with Crippen molar-refractivity contribution in [2.45, 2.75) is 39.8 Å². The summed E-state index contributed by atoms with van der Waals surface area (Å²) in [7, 11) is 0. The molecule has 8 aromatic rings. The van der Waals surface area contributed by atoms with Crippen LogP contribution in [0.1, 0.15) is 76.5 Å². The summed E-state index contributed by atoms with van der Waals surface area (Å²) in [5, 5.41) is 31.3. The monoisotopic (exact) mass is 1030 g/mol. The first-order valence-corrected chi connectivity index (χ1v) is 24.2. The fourth-order valence-electron chi connectivity index (χ4n) is 7.57. The molecule has 6 aromatic carbocycles. The Morgan fingerprint density at radius 1 is 0.541 bits per heavy atom. The van der Waals surface area contributed by atoms with Gasteiger partial charge >= 0.3 is 5.97 Å². The van der Waals surface area contributed by atoms with Crippen LogP contribution in [0, 0.1) is 13.8 Å². The van der Waals surface area contributed by atoms with E-state index >= 15 is 0 Å². The van der Waals surface area contributed by atoms with E-state index in [1.165, 1.54) is 42.0 Å². The number of rotatable bonds is 20. The van der Waals surface area contributed by atoms with Crippen LogP contribution in [-0.2, 0) is 17.8 Å². The van der Waals surface area contributed by atoms with E-state index in [-0.39, 0.29) is 42.5 Å². The van der Waals surface area contributed by atoms with Crippen molar-refractivity contribution in [3.8, 4) is 22.5 Å². The smallest absolute Gasteiger partial charge is 0.335 e. The van der Waals surface area contributed by atoms with Crippen LogP contribution < -0.4 is 21.3 Å². The Balaban J connectivity index is 0.000000219. The molecule has 8 rings (SSSR count). The minimum absolute atomic E-state index is 0.0316. The van der Waals surface area contributed by atoms with Crippen LogP contribution in [0.4, 0.5) is 23.0 Å². The summed E-state index contributed by atoms with van der Waals surface area (Å²) in [5.74, 6) is -0.737. The van der Waals surface area contributed by atoms with Crippen LogP contribution in [0.2, 0.25) is 10.0 Å². The van der Waals surface area contributed by atoms with Gasteiger partial charge < -0.3 is 36.2 Å². The van der Waals surface area contributed by atoms with E-state index in [0.717, 1.165) is 11.1 Å². The number of ether oxygens (including phenoxy) is 1. The maximum atomic E-state index is 13.2. The number of aromatic nitrogens is 4. The Bertz CT molecular complexity index is 3280. The molecular weight excluding hydrogens is 980 g/mol. The highest BCUT2D eigenvalue weighted by molar-refractivity contribution is 6.31. The number of carboxylic acid groups (broad SMARTS) is 1. The van der Waals surface area contributed by atoms with Gasteiger partial charge in [0.05, 0.1) is 41.5 Å². The molecule has 376 valence electrons. The van der Waals surface area contributed by atoms with Gasteiger partial charge in [-0.15, -0.1) is 0 Å². The van der Waals surface area contributed by atoms with E-state index in [1.54, 1.807) is 78.9 Å². The SMILES string of the molecule is Cc1cccc(CNc2cc(-c3cc(Cl)ccc3NC(=O)c3cccc(C(=O)CCCOCCO)c3)ncn2)c1.Cc1cccc(CNc2cc(-c3cc(Cl)ccc3NC(=O)c3cccc(C(=O)O)c3)ncn2)c1. The van der Waals surface area contributed by atoms with Gasteiger partial charge in [0.2, 0.25) is 0 Å². The van der Waals surface area contributed by atoms with Crippen molar-refractivity contribution in [2.24, 2.45) is 0 Å². The maximum absolute atomic E-state index is 13.2. The molecule has 0 aliphatic rings. The van der Waals surface area contributed by atoms with Gasteiger partial charge in [0.1, 0.15) is 24.3 Å². The number of carbonyl (C=O) groups is 4. The van der Waals surface area contributed by atoms with Crippen LogP contribution in [0.5, 0.6) is 0 Å². The summed E-state index contributed by atoms with van der Waals surface area (Å²) in [5.41, 5.74) is 9.08. The molecule has 0 unspecified atom stereocenters. The Morgan fingerprint density at radius 3 is 1.50 bits per heavy atom. The van der Waals surface area contributed by atoms with Crippen molar-refractivity contribution in [1.29, 1.82) is 0 Å². The van der Waals surface area contributed by atoms with Gasteiger partial charge in [0, 0.05) is 76.1 Å². The number of aromatic carboxylic acids is 1. The zero-order valence-electron chi connectivity index (χ0n) is 40.4. The van der Waals surface area contributed by atoms with E-state index in [0.29, 0.717) is 92.8 Å². The standard InChI is InChI=1S/C31H31ClN4O4.C26H21ClN4O3/c1-21-5-2-6-22(15-21)19-33-30-18-28(34-20-35-30)26-17-25(32)10-11-27(26)36-31(39)24-8-3-7-23(16-24)29(38)9-4-13-40-14-12-37;1-16-4-2-5-17(10-16)14-28-24-13-23(29-15-30-24)21-12-20(27)8-9-22(21)31-25(32)18-6-3-7-19(11-18)26(33)34/h2-3,5-8,10-11,15-18,20,37H,4,9,12-14,19H2,1H3,(H,36,39)(H,33,34,35);2-13,15H,14H2,1H3,(H,31,32)(H,33,34)(H,28,29,30). The average Bonchev–Trinajstić information content (AvgIpc) is 3.41. The molecule has 2 amide bonds. The lowest BCUT2D eigenvalue weighted by molar-refractivity contribution is 0.0696. The maximum Gasteiger partial charge on any atom is 0.335 e. The van der Waals surface area contributed by atoms with Gasteiger partial charge in [-0.1, -0.05) is 101 Å². The number of amides is 2. The first-order valence-electron chi connectivity index (χ1n) is 23.4. The third-order valence-corrected chi connectivity index (χ3v) is 11.7. The Kier molecular flexibility index (Phi) is 19.1. The van der Waals surface area contributed by atoms with Gasteiger partial charge in [0.25, 0.3) is 11.8 Å². The van der Waals surface area contributed by atoms with Crippen molar-refractivity contribution in [3.63, 3.8) is 0 Å². The Hall–Kier alpha value is -8.34. The van der Waals surface area contributed by atoms with Crippen LogP contribution in [0.15, 0.2) is 158 Å².